The van der Waals surface area contributed by atoms with Crippen molar-refractivity contribution in [2.24, 2.45) is 0 Å². The molecule has 1 heteroatoms. The molecule has 0 bridgehead atoms. The van der Waals surface area contributed by atoms with E-state index in [4.69, 9.17) is 0 Å². The molecule has 1 atom stereocenters. The Morgan fingerprint density at radius 3 is 2.26 bits per heavy atom. The van der Waals surface area contributed by atoms with Gasteiger partial charge in [0.15, 0.2) is 0 Å². The second-order valence-electron chi connectivity index (χ2n) is 5.85. The molecule has 1 aromatic rings. The molecule has 0 spiro atoms. The maximum Gasteiger partial charge on any atom is -0.0169 e. The summed E-state index contributed by atoms with van der Waals surface area (Å²) in [4.78, 5) is 0. The van der Waals surface area contributed by atoms with Gasteiger partial charge in [-0.3, -0.25) is 0 Å². The minimum atomic E-state index is 0.103. The van der Waals surface area contributed by atoms with Gasteiger partial charge in [-0.25, -0.2) is 0 Å². The molecule has 0 aliphatic heterocycles. The Hall–Kier alpha value is -0.350. The van der Waals surface area contributed by atoms with Crippen LogP contribution >= 0.6 is 7.92 Å². The van der Waals surface area contributed by atoms with Gasteiger partial charge in [-0.1, -0.05) is 71.7 Å². The fraction of sp³-hybridized carbons (Fsp3) is 0.667. The lowest BCUT2D eigenvalue weighted by Crippen LogP contribution is -2.18. The molecule has 1 unspecified atom stereocenters. The summed E-state index contributed by atoms with van der Waals surface area (Å²) in [6.45, 7) is 4.67. The summed E-state index contributed by atoms with van der Waals surface area (Å²) < 4.78 is 0. The van der Waals surface area contributed by atoms with Crippen LogP contribution in [0.15, 0.2) is 24.3 Å². The third-order valence-corrected chi connectivity index (χ3v) is 7.48. The normalized spacial score (nSPS) is 18.4. The van der Waals surface area contributed by atoms with Crippen molar-refractivity contribution in [1.29, 1.82) is 0 Å². The van der Waals surface area contributed by atoms with E-state index in [0.29, 0.717) is 0 Å². The van der Waals surface area contributed by atoms with Crippen molar-refractivity contribution in [1.82, 2.24) is 0 Å². The maximum absolute atomic E-state index is 2.44. The lowest BCUT2D eigenvalue weighted by Gasteiger charge is -2.30. The molecule has 0 heterocycles. The molecule has 1 aromatic carbocycles. The zero-order valence-electron chi connectivity index (χ0n) is 12.7. The minimum Gasteiger partial charge on any atom is -0.0724 e. The van der Waals surface area contributed by atoms with Gasteiger partial charge in [0.1, 0.15) is 0 Å². The molecule has 106 valence electrons. The molecule has 0 amide bonds. The van der Waals surface area contributed by atoms with E-state index < -0.39 is 0 Å². The van der Waals surface area contributed by atoms with Crippen LogP contribution in [0.1, 0.15) is 64.4 Å². The standard InChI is InChI=1S/C18H29P/c1-3-5-9-16-12-14-18(15-13-16)19(4-2)17-10-7-6-8-11-17/h12-15,17H,3-11H2,1-2H3. The summed E-state index contributed by atoms with van der Waals surface area (Å²) in [5.41, 5.74) is 2.54. The molecular formula is C18H29P. The number of rotatable bonds is 6. The fourth-order valence-electron chi connectivity index (χ4n) is 3.28. The third kappa shape index (κ3) is 4.32. The van der Waals surface area contributed by atoms with Gasteiger partial charge in [-0.2, -0.15) is 0 Å². The topological polar surface area (TPSA) is 0 Å². The second kappa shape index (κ2) is 8.05. The number of aryl methyl sites for hydroxylation is 1. The summed E-state index contributed by atoms with van der Waals surface area (Å²) in [5.74, 6) is 0. The van der Waals surface area contributed by atoms with E-state index in [2.05, 4.69) is 38.1 Å². The van der Waals surface area contributed by atoms with Crippen molar-refractivity contribution in [3.8, 4) is 0 Å². The zero-order chi connectivity index (χ0) is 13.5. The summed E-state index contributed by atoms with van der Waals surface area (Å²) in [7, 11) is 0.103. The summed E-state index contributed by atoms with van der Waals surface area (Å²) >= 11 is 0. The van der Waals surface area contributed by atoms with Crippen LogP contribution in [0.5, 0.6) is 0 Å². The van der Waals surface area contributed by atoms with Gasteiger partial charge in [-0.15, -0.1) is 0 Å². The molecule has 1 fully saturated rings. The molecule has 19 heavy (non-hydrogen) atoms. The van der Waals surface area contributed by atoms with Crippen molar-refractivity contribution in [2.75, 3.05) is 6.16 Å². The monoisotopic (exact) mass is 276 g/mol. The Bertz CT molecular complexity index is 348. The van der Waals surface area contributed by atoms with Crippen LogP contribution in [0.4, 0.5) is 0 Å². The fourth-order valence-corrected chi connectivity index (χ4v) is 6.10. The van der Waals surface area contributed by atoms with E-state index >= 15 is 0 Å². The van der Waals surface area contributed by atoms with Gasteiger partial charge >= 0.3 is 0 Å². The van der Waals surface area contributed by atoms with Gasteiger partial charge in [0.05, 0.1) is 0 Å². The van der Waals surface area contributed by atoms with Crippen LogP contribution in [0.3, 0.4) is 0 Å². The Kier molecular flexibility index (Phi) is 6.38. The van der Waals surface area contributed by atoms with Crippen molar-refractivity contribution in [2.45, 2.75) is 70.9 Å². The molecule has 0 saturated heterocycles. The van der Waals surface area contributed by atoms with E-state index in [0.717, 1.165) is 5.66 Å². The molecule has 0 aromatic heterocycles. The first-order chi connectivity index (χ1) is 9.35. The SMILES string of the molecule is CCCCc1ccc(P(CC)C2CCCCC2)cc1. The Morgan fingerprint density at radius 2 is 1.68 bits per heavy atom. The first-order valence-electron chi connectivity index (χ1n) is 8.20. The lowest BCUT2D eigenvalue weighted by atomic mass is 10.0. The molecule has 1 aliphatic rings. The highest BCUT2D eigenvalue weighted by atomic mass is 31.1. The number of hydrogen-bond acceptors (Lipinski definition) is 0. The van der Waals surface area contributed by atoms with Crippen LogP contribution in [-0.4, -0.2) is 11.8 Å². The molecule has 0 N–H and O–H groups in total. The Labute approximate surface area is 120 Å². The van der Waals surface area contributed by atoms with Crippen LogP contribution in [-0.2, 0) is 6.42 Å². The Balaban J connectivity index is 2.01. The Morgan fingerprint density at radius 1 is 1.00 bits per heavy atom. The molecule has 2 rings (SSSR count). The van der Waals surface area contributed by atoms with E-state index in [-0.39, 0.29) is 7.92 Å². The van der Waals surface area contributed by atoms with Crippen molar-refractivity contribution in [3.05, 3.63) is 29.8 Å². The molecule has 0 radical (unpaired) electrons. The van der Waals surface area contributed by atoms with Gasteiger partial charge in [-0.05, 0) is 48.4 Å². The molecular weight excluding hydrogens is 247 g/mol. The average molecular weight is 276 g/mol. The highest BCUT2D eigenvalue weighted by Crippen LogP contribution is 2.46. The average Bonchev–Trinajstić information content (AvgIpc) is 2.48. The van der Waals surface area contributed by atoms with Crippen molar-refractivity contribution < 1.29 is 0 Å². The van der Waals surface area contributed by atoms with Crippen LogP contribution in [0.2, 0.25) is 0 Å². The lowest BCUT2D eigenvalue weighted by molar-refractivity contribution is 0.512. The smallest absolute Gasteiger partial charge is 0.0169 e. The maximum atomic E-state index is 2.44. The quantitative estimate of drug-likeness (QED) is 0.603. The number of benzene rings is 1. The number of hydrogen-bond donors (Lipinski definition) is 0. The zero-order valence-corrected chi connectivity index (χ0v) is 13.6. The van der Waals surface area contributed by atoms with Crippen LogP contribution in [0.25, 0.3) is 0 Å². The van der Waals surface area contributed by atoms with Crippen molar-refractivity contribution >= 4 is 13.2 Å². The van der Waals surface area contributed by atoms with E-state index in [1.807, 2.05) is 0 Å². The number of unbranched alkanes of at least 4 members (excludes halogenated alkanes) is 1. The first kappa shape index (κ1) is 15.0. The van der Waals surface area contributed by atoms with Gasteiger partial charge in [0, 0.05) is 0 Å². The third-order valence-electron chi connectivity index (χ3n) is 4.44. The van der Waals surface area contributed by atoms with Crippen LogP contribution in [0, 0.1) is 0 Å². The van der Waals surface area contributed by atoms with Gasteiger partial charge in [0.2, 0.25) is 0 Å². The van der Waals surface area contributed by atoms with E-state index in [1.165, 1.54) is 63.1 Å². The summed E-state index contributed by atoms with van der Waals surface area (Å²) in [5, 5.41) is 1.66. The summed E-state index contributed by atoms with van der Waals surface area (Å²) in [6, 6.07) is 9.65. The first-order valence-corrected chi connectivity index (χ1v) is 9.80. The van der Waals surface area contributed by atoms with Crippen LogP contribution < -0.4 is 5.30 Å². The molecule has 0 nitrogen and oxygen atoms in total. The van der Waals surface area contributed by atoms with E-state index in [9.17, 15) is 0 Å². The molecule has 1 saturated carbocycles. The van der Waals surface area contributed by atoms with Gasteiger partial charge in [0.25, 0.3) is 0 Å². The van der Waals surface area contributed by atoms with Crippen molar-refractivity contribution in [3.63, 3.8) is 0 Å². The predicted molar refractivity (Wildman–Crippen MR) is 89.0 cm³/mol. The second-order valence-corrected chi connectivity index (χ2v) is 8.67. The molecule has 1 aliphatic carbocycles. The summed E-state index contributed by atoms with van der Waals surface area (Å²) in [6.07, 6.45) is 12.6. The van der Waals surface area contributed by atoms with E-state index in [1.54, 1.807) is 5.30 Å². The minimum absolute atomic E-state index is 0.103. The highest BCUT2D eigenvalue weighted by Gasteiger charge is 2.22. The van der Waals surface area contributed by atoms with Gasteiger partial charge < -0.3 is 0 Å². The largest absolute Gasteiger partial charge is 0.0724 e. The predicted octanol–water partition coefficient (Wildman–Crippen LogP) is 5.49. The highest BCUT2D eigenvalue weighted by molar-refractivity contribution is 7.66.